The van der Waals surface area contributed by atoms with Crippen molar-refractivity contribution >= 4 is 28.5 Å². The molecule has 0 spiro atoms. The van der Waals surface area contributed by atoms with Gasteiger partial charge in [0.25, 0.3) is 0 Å². The van der Waals surface area contributed by atoms with E-state index >= 15 is 0 Å². The number of aromatic nitrogens is 2. The summed E-state index contributed by atoms with van der Waals surface area (Å²) >= 11 is 5.93. The highest BCUT2D eigenvalue weighted by Crippen LogP contribution is 2.30. The van der Waals surface area contributed by atoms with E-state index in [9.17, 15) is 4.79 Å². The van der Waals surface area contributed by atoms with E-state index in [2.05, 4.69) is 9.97 Å². The Labute approximate surface area is 124 Å². The average molecular weight is 301 g/mol. The molecule has 2 aromatic heterocycles. The maximum Gasteiger partial charge on any atom is 0.337 e. The predicted molar refractivity (Wildman–Crippen MR) is 78.0 cm³/mol. The smallest absolute Gasteiger partial charge is 0.337 e. The number of aromatic carboxylic acids is 1. The number of benzene rings is 1. The molecule has 0 unspecified atom stereocenters. The largest absolute Gasteiger partial charge is 0.478 e. The first-order chi connectivity index (χ1) is 10.1. The topological polar surface area (TPSA) is 72.3 Å². The Morgan fingerprint density at radius 3 is 2.86 bits per heavy atom. The number of nitrogens with zero attached hydrogens (tertiary/aromatic N) is 2. The Kier molecular flexibility index (Phi) is 3.41. The number of hydrogen-bond acceptors (Lipinski definition) is 4. The van der Waals surface area contributed by atoms with Crippen molar-refractivity contribution in [3.63, 3.8) is 0 Å². The van der Waals surface area contributed by atoms with Gasteiger partial charge in [0.1, 0.15) is 11.5 Å². The van der Waals surface area contributed by atoms with Crippen LogP contribution in [0, 0.1) is 0 Å². The van der Waals surface area contributed by atoms with E-state index in [4.69, 9.17) is 21.4 Å². The Morgan fingerprint density at radius 2 is 2.05 bits per heavy atom. The van der Waals surface area contributed by atoms with Crippen molar-refractivity contribution in [2.24, 2.45) is 0 Å². The van der Waals surface area contributed by atoms with Crippen LogP contribution in [0.25, 0.3) is 10.9 Å². The molecule has 1 aromatic carbocycles. The van der Waals surface area contributed by atoms with Crippen LogP contribution in [0.15, 0.2) is 48.9 Å². The number of rotatable bonds is 3. The highest BCUT2D eigenvalue weighted by Gasteiger charge is 2.08. The van der Waals surface area contributed by atoms with Gasteiger partial charge in [0.15, 0.2) is 0 Å². The Bertz CT molecular complexity index is 836. The van der Waals surface area contributed by atoms with E-state index in [1.54, 1.807) is 30.5 Å². The third-order valence-corrected chi connectivity index (χ3v) is 3.09. The zero-order chi connectivity index (χ0) is 14.8. The molecule has 0 bridgehead atoms. The number of pyridine rings is 2. The quantitative estimate of drug-likeness (QED) is 0.797. The monoisotopic (exact) mass is 300 g/mol. The van der Waals surface area contributed by atoms with Gasteiger partial charge in [0.05, 0.1) is 17.3 Å². The van der Waals surface area contributed by atoms with Crippen molar-refractivity contribution < 1.29 is 14.6 Å². The SMILES string of the molecule is O=C(O)c1cncc(Oc2ccnc3cc(Cl)ccc23)c1. The first-order valence-corrected chi connectivity index (χ1v) is 6.42. The van der Waals surface area contributed by atoms with Crippen LogP contribution in [0.1, 0.15) is 10.4 Å². The third kappa shape index (κ3) is 2.78. The van der Waals surface area contributed by atoms with Gasteiger partial charge in [-0.25, -0.2) is 4.79 Å². The summed E-state index contributed by atoms with van der Waals surface area (Å²) in [6.07, 6.45) is 4.32. The van der Waals surface area contributed by atoms with Crippen LogP contribution in [0.3, 0.4) is 0 Å². The van der Waals surface area contributed by atoms with Crippen LogP contribution in [0.4, 0.5) is 0 Å². The predicted octanol–water partition coefficient (Wildman–Crippen LogP) is 3.77. The van der Waals surface area contributed by atoms with E-state index in [-0.39, 0.29) is 5.56 Å². The Balaban J connectivity index is 2.02. The molecule has 0 amide bonds. The molecule has 0 saturated carbocycles. The molecular formula is C15H9ClN2O3. The summed E-state index contributed by atoms with van der Waals surface area (Å²) in [5.74, 6) is -0.155. The van der Waals surface area contributed by atoms with Crippen LogP contribution >= 0.6 is 11.6 Å². The maximum atomic E-state index is 10.9. The van der Waals surface area contributed by atoms with E-state index < -0.39 is 5.97 Å². The minimum absolute atomic E-state index is 0.0638. The first-order valence-electron chi connectivity index (χ1n) is 6.04. The van der Waals surface area contributed by atoms with Crippen LogP contribution in [0.5, 0.6) is 11.5 Å². The van der Waals surface area contributed by atoms with E-state index in [1.165, 1.54) is 18.5 Å². The van der Waals surface area contributed by atoms with Gasteiger partial charge in [-0.15, -0.1) is 0 Å². The van der Waals surface area contributed by atoms with Crippen molar-refractivity contribution in [1.82, 2.24) is 9.97 Å². The molecule has 6 heteroatoms. The van der Waals surface area contributed by atoms with Gasteiger partial charge < -0.3 is 9.84 Å². The van der Waals surface area contributed by atoms with E-state index in [0.717, 1.165) is 5.39 Å². The number of carboxylic acid groups (broad SMARTS) is 1. The van der Waals surface area contributed by atoms with Gasteiger partial charge in [0.2, 0.25) is 0 Å². The lowest BCUT2D eigenvalue weighted by atomic mass is 10.2. The van der Waals surface area contributed by atoms with Crippen LogP contribution in [-0.4, -0.2) is 21.0 Å². The first kappa shape index (κ1) is 13.3. The summed E-state index contributed by atoms with van der Waals surface area (Å²) in [6, 6.07) is 8.38. The molecule has 0 aliphatic carbocycles. The fraction of sp³-hybridized carbons (Fsp3) is 0. The summed E-state index contributed by atoms with van der Waals surface area (Å²) in [4.78, 5) is 19.0. The van der Waals surface area contributed by atoms with Gasteiger partial charge in [-0.3, -0.25) is 9.97 Å². The standard InChI is InChI=1S/C15H9ClN2O3/c16-10-1-2-12-13(6-10)18-4-3-14(12)21-11-5-9(15(19)20)7-17-8-11/h1-8H,(H,19,20). The average Bonchev–Trinajstić information content (AvgIpc) is 2.47. The number of carboxylic acids is 1. The summed E-state index contributed by atoms with van der Waals surface area (Å²) < 4.78 is 5.71. The Hall–Kier alpha value is -2.66. The molecule has 21 heavy (non-hydrogen) atoms. The van der Waals surface area contributed by atoms with Gasteiger partial charge >= 0.3 is 5.97 Å². The van der Waals surface area contributed by atoms with Crippen LogP contribution in [-0.2, 0) is 0 Å². The molecule has 1 N–H and O–H groups in total. The number of hydrogen-bond donors (Lipinski definition) is 1. The minimum Gasteiger partial charge on any atom is -0.478 e. The fourth-order valence-electron chi connectivity index (χ4n) is 1.90. The molecule has 0 fully saturated rings. The summed E-state index contributed by atoms with van der Waals surface area (Å²) in [6.45, 7) is 0. The molecule has 0 saturated heterocycles. The lowest BCUT2D eigenvalue weighted by Crippen LogP contribution is -1.97. The Morgan fingerprint density at radius 1 is 1.19 bits per heavy atom. The van der Waals surface area contributed by atoms with Crippen molar-refractivity contribution in [1.29, 1.82) is 0 Å². The molecule has 5 nitrogen and oxygen atoms in total. The molecule has 0 radical (unpaired) electrons. The zero-order valence-electron chi connectivity index (χ0n) is 10.7. The highest BCUT2D eigenvalue weighted by molar-refractivity contribution is 6.31. The lowest BCUT2D eigenvalue weighted by Gasteiger charge is -2.08. The van der Waals surface area contributed by atoms with E-state index in [0.29, 0.717) is 22.0 Å². The second kappa shape index (κ2) is 5.38. The minimum atomic E-state index is -1.06. The lowest BCUT2D eigenvalue weighted by molar-refractivity contribution is 0.0696. The molecule has 0 atom stereocenters. The summed E-state index contributed by atoms with van der Waals surface area (Å²) in [5, 5.41) is 10.3. The van der Waals surface area contributed by atoms with E-state index in [1.807, 2.05) is 0 Å². The summed E-state index contributed by atoms with van der Waals surface area (Å²) in [5.41, 5.74) is 0.760. The molecular weight excluding hydrogens is 292 g/mol. The van der Waals surface area contributed by atoms with Crippen molar-refractivity contribution in [2.75, 3.05) is 0 Å². The highest BCUT2D eigenvalue weighted by atomic mass is 35.5. The molecule has 3 rings (SSSR count). The van der Waals surface area contributed by atoms with Gasteiger partial charge in [0, 0.05) is 22.8 Å². The third-order valence-electron chi connectivity index (χ3n) is 2.85. The number of carbonyl (C=O) groups is 1. The van der Waals surface area contributed by atoms with Gasteiger partial charge in [-0.05, 0) is 30.3 Å². The number of halogens is 1. The second-order valence-corrected chi connectivity index (χ2v) is 4.72. The molecule has 2 heterocycles. The maximum absolute atomic E-state index is 10.9. The zero-order valence-corrected chi connectivity index (χ0v) is 11.4. The molecule has 104 valence electrons. The van der Waals surface area contributed by atoms with Crippen molar-refractivity contribution in [3.8, 4) is 11.5 Å². The molecule has 0 aliphatic rings. The molecule has 3 aromatic rings. The number of ether oxygens (including phenoxy) is 1. The van der Waals surface area contributed by atoms with Crippen molar-refractivity contribution in [3.05, 3.63) is 59.5 Å². The molecule has 0 aliphatic heterocycles. The van der Waals surface area contributed by atoms with Crippen molar-refractivity contribution in [2.45, 2.75) is 0 Å². The van der Waals surface area contributed by atoms with Crippen LogP contribution < -0.4 is 4.74 Å². The fourth-order valence-corrected chi connectivity index (χ4v) is 2.07. The van der Waals surface area contributed by atoms with Crippen LogP contribution in [0.2, 0.25) is 5.02 Å². The number of fused-ring (bicyclic) bond motifs is 1. The normalized spacial score (nSPS) is 10.5. The van der Waals surface area contributed by atoms with Gasteiger partial charge in [-0.1, -0.05) is 11.6 Å². The van der Waals surface area contributed by atoms with Gasteiger partial charge in [-0.2, -0.15) is 0 Å². The summed E-state index contributed by atoms with van der Waals surface area (Å²) in [7, 11) is 0. The second-order valence-electron chi connectivity index (χ2n) is 4.29.